The molecule has 1 aromatic carbocycles. The van der Waals surface area contributed by atoms with Crippen LogP contribution in [0, 0.1) is 0 Å². The van der Waals surface area contributed by atoms with Gasteiger partial charge in [-0.1, -0.05) is 0 Å². The highest BCUT2D eigenvalue weighted by Crippen LogP contribution is 2.38. The van der Waals surface area contributed by atoms with Crippen LogP contribution in [0.4, 0.5) is 5.69 Å². The number of rotatable bonds is 4. The molecule has 0 saturated carbocycles. The Hall–Kier alpha value is -2.11. The van der Waals surface area contributed by atoms with Crippen LogP contribution in [0.15, 0.2) is 12.1 Å². The van der Waals surface area contributed by atoms with E-state index in [1.807, 2.05) is 0 Å². The molecule has 7 N–H and O–H groups in total. The lowest BCUT2D eigenvalue weighted by Crippen LogP contribution is -2.60. The van der Waals surface area contributed by atoms with E-state index in [0.29, 0.717) is 11.3 Å². The van der Waals surface area contributed by atoms with Crippen molar-refractivity contribution < 1.29 is 44.9 Å². The molecule has 0 spiro atoms. The fourth-order valence-electron chi connectivity index (χ4n) is 2.91. The Labute approximate surface area is 141 Å². The maximum Gasteiger partial charge on any atom is 0.326 e. The molecular weight excluding hydrogens is 338 g/mol. The summed E-state index contributed by atoms with van der Waals surface area (Å²) in [7, 11) is 0. The highest BCUT2D eigenvalue weighted by atomic mass is 16.7. The largest absolute Gasteiger partial charge is 0.504 e. The highest BCUT2D eigenvalue weighted by Gasteiger charge is 2.45. The molecule has 1 aromatic rings. The average Bonchev–Trinajstić information content (AvgIpc) is 2.98. The summed E-state index contributed by atoms with van der Waals surface area (Å²) in [5.74, 6) is -1.45. The molecule has 1 fully saturated rings. The molecule has 10 heteroatoms. The van der Waals surface area contributed by atoms with Gasteiger partial charge in [-0.3, -0.25) is 0 Å². The highest BCUT2D eigenvalue weighted by molar-refractivity contribution is 5.82. The van der Waals surface area contributed by atoms with Gasteiger partial charge in [0, 0.05) is 18.2 Å². The van der Waals surface area contributed by atoms with Crippen molar-refractivity contribution in [3.8, 4) is 11.5 Å². The molecule has 0 bridgehead atoms. The van der Waals surface area contributed by atoms with Crippen LogP contribution in [0.25, 0.3) is 0 Å². The van der Waals surface area contributed by atoms with Crippen LogP contribution in [0.1, 0.15) is 5.56 Å². The Kier molecular flexibility index (Phi) is 4.71. The summed E-state index contributed by atoms with van der Waals surface area (Å²) in [5, 5.41) is 60.5. The van der Waals surface area contributed by atoms with Gasteiger partial charge in [-0.25, -0.2) is 4.79 Å². The van der Waals surface area contributed by atoms with Crippen LogP contribution in [0.3, 0.4) is 0 Å². The van der Waals surface area contributed by atoms with E-state index in [1.54, 1.807) is 0 Å². The van der Waals surface area contributed by atoms with E-state index >= 15 is 0 Å². The lowest BCUT2D eigenvalue weighted by atomic mass is 9.99. The number of benzene rings is 1. The molecule has 2 heterocycles. The van der Waals surface area contributed by atoms with Gasteiger partial charge in [0.25, 0.3) is 0 Å². The van der Waals surface area contributed by atoms with Gasteiger partial charge < -0.3 is 45.4 Å². The minimum absolute atomic E-state index is 0.0871. The third-order valence-corrected chi connectivity index (χ3v) is 4.33. The Morgan fingerprint density at radius 2 is 1.96 bits per heavy atom. The number of ether oxygens (including phenoxy) is 2. The van der Waals surface area contributed by atoms with E-state index in [2.05, 4.69) is 5.32 Å². The normalized spacial score (nSPS) is 34.2. The molecule has 6 atom stereocenters. The number of aliphatic hydroxyl groups excluding tert-OH is 4. The third-order valence-electron chi connectivity index (χ3n) is 4.33. The molecule has 10 nitrogen and oxygen atoms in total. The minimum Gasteiger partial charge on any atom is -0.504 e. The monoisotopic (exact) mass is 357 g/mol. The van der Waals surface area contributed by atoms with Gasteiger partial charge in [-0.2, -0.15) is 0 Å². The molecule has 1 saturated heterocycles. The molecule has 25 heavy (non-hydrogen) atoms. The van der Waals surface area contributed by atoms with Crippen molar-refractivity contribution in [2.45, 2.75) is 43.2 Å². The zero-order valence-electron chi connectivity index (χ0n) is 12.9. The van der Waals surface area contributed by atoms with Crippen molar-refractivity contribution in [1.29, 1.82) is 0 Å². The van der Waals surface area contributed by atoms with Crippen LogP contribution in [0.2, 0.25) is 0 Å². The van der Waals surface area contributed by atoms with Crippen molar-refractivity contribution in [3.63, 3.8) is 0 Å². The number of phenols is 1. The van der Waals surface area contributed by atoms with Crippen LogP contribution in [0.5, 0.6) is 11.5 Å². The Morgan fingerprint density at radius 1 is 1.24 bits per heavy atom. The van der Waals surface area contributed by atoms with Gasteiger partial charge in [0.05, 0.1) is 6.61 Å². The molecule has 3 rings (SSSR count). The topological polar surface area (TPSA) is 169 Å². The van der Waals surface area contributed by atoms with Crippen molar-refractivity contribution >= 4 is 11.7 Å². The SMILES string of the molecule is O=C(O)C1Cc2cc(OC3OC(CO)C(O)C(O)C3O)c(O)cc2N1. The summed E-state index contributed by atoms with van der Waals surface area (Å²) in [5.41, 5.74) is 1.04. The number of carbonyl (C=O) groups is 1. The Morgan fingerprint density at radius 3 is 2.60 bits per heavy atom. The van der Waals surface area contributed by atoms with Gasteiger partial charge in [0.2, 0.25) is 6.29 Å². The fourth-order valence-corrected chi connectivity index (χ4v) is 2.91. The predicted octanol–water partition coefficient (Wildman–Crippen LogP) is -2.01. The summed E-state index contributed by atoms with van der Waals surface area (Å²) < 4.78 is 10.6. The maximum absolute atomic E-state index is 11.1. The van der Waals surface area contributed by atoms with Gasteiger partial charge >= 0.3 is 5.97 Å². The van der Waals surface area contributed by atoms with Crippen molar-refractivity contribution in [3.05, 3.63) is 17.7 Å². The second-order valence-corrected chi connectivity index (χ2v) is 6.03. The van der Waals surface area contributed by atoms with Gasteiger partial charge in [-0.15, -0.1) is 0 Å². The summed E-state index contributed by atoms with van der Waals surface area (Å²) in [6, 6.07) is 1.87. The minimum atomic E-state index is -1.62. The van der Waals surface area contributed by atoms with Crippen LogP contribution in [-0.2, 0) is 16.0 Å². The zero-order chi connectivity index (χ0) is 18.3. The number of hydrogen-bond acceptors (Lipinski definition) is 9. The van der Waals surface area contributed by atoms with E-state index in [4.69, 9.17) is 19.7 Å². The average molecular weight is 357 g/mol. The lowest BCUT2D eigenvalue weighted by Gasteiger charge is -2.39. The van der Waals surface area contributed by atoms with Crippen molar-refractivity contribution in [2.24, 2.45) is 0 Å². The Bertz CT molecular complexity index is 665. The molecule has 2 aliphatic heterocycles. The van der Waals surface area contributed by atoms with Crippen LogP contribution in [-0.4, -0.2) is 80.0 Å². The fraction of sp³-hybridized carbons (Fsp3) is 0.533. The predicted molar refractivity (Wildman–Crippen MR) is 81.3 cm³/mol. The summed E-state index contributed by atoms with van der Waals surface area (Å²) in [6.07, 6.45) is -7.15. The molecule has 0 amide bonds. The standard InChI is InChI=1S/C15H19NO9/c17-4-10-11(19)12(20)13(21)15(25-10)24-9-2-5-1-7(14(22)23)16-6(5)3-8(9)18/h2-3,7,10-13,15-21H,1,4H2,(H,22,23). The smallest absolute Gasteiger partial charge is 0.326 e. The summed E-state index contributed by atoms with van der Waals surface area (Å²) >= 11 is 0. The van der Waals surface area contributed by atoms with Crippen molar-refractivity contribution in [1.82, 2.24) is 0 Å². The second-order valence-electron chi connectivity index (χ2n) is 6.03. The first kappa shape index (κ1) is 17.7. The number of nitrogens with one attached hydrogen (secondary N) is 1. The first-order valence-electron chi connectivity index (χ1n) is 7.64. The molecular formula is C15H19NO9. The van der Waals surface area contributed by atoms with E-state index in [1.165, 1.54) is 12.1 Å². The van der Waals surface area contributed by atoms with Crippen LogP contribution >= 0.6 is 0 Å². The molecule has 0 aliphatic carbocycles. The van der Waals surface area contributed by atoms with Crippen molar-refractivity contribution in [2.75, 3.05) is 11.9 Å². The molecule has 0 radical (unpaired) electrons. The number of aromatic hydroxyl groups is 1. The molecule has 0 aromatic heterocycles. The number of anilines is 1. The summed E-state index contributed by atoms with van der Waals surface area (Å²) in [4.78, 5) is 11.1. The number of carboxylic acids is 1. The maximum atomic E-state index is 11.1. The molecule has 138 valence electrons. The number of phenolic OH excluding ortho intramolecular Hbond substituents is 1. The lowest BCUT2D eigenvalue weighted by molar-refractivity contribution is -0.277. The number of carboxylic acid groups (broad SMARTS) is 1. The van der Waals surface area contributed by atoms with Gasteiger partial charge in [0.15, 0.2) is 11.5 Å². The molecule has 6 unspecified atom stereocenters. The van der Waals surface area contributed by atoms with E-state index < -0.39 is 49.3 Å². The number of fused-ring (bicyclic) bond motifs is 1. The van der Waals surface area contributed by atoms with Gasteiger partial charge in [-0.05, 0) is 11.6 Å². The number of hydrogen-bond donors (Lipinski definition) is 7. The van der Waals surface area contributed by atoms with E-state index in [0.717, 1.165) is 0 Å². The Balaban J connectivity index is 1.80. The van der Waals surface area contributed by atoms with Gasteiger partial charge in [0.1, 0.15) is 30.5 Å². The number of aliphatic carboxylic acids is 1. The van der Waals surface area contributed by atoms with Crippen LogP contribution < -0.4 is 10.1 Å². The van der Waals surface area contributed by atoms with E-state index in [-0.39, 0.29) is 17.9 Å². The molecule has 2 aliphatic rings. The zero-order valence-corrected chi connectivity index (χ0v) is 12.9. The number of aliphatic hydroxyl groups is 4. The second kappa shape index (κ2) is 6.65. The van der Waals surface area contributed by atoms with E-state index in [9.17, 15) is 25.2 Å². The third kappa shape index (κ3) is 3.22. The first-order valence-corrected chi connectivity index (χ1v) is 7.64. The summed E-state index contributed by atoms with van der Waals surface area (Å²) in [6.45, 7) is -0.606. The quantitative estimate of drug-likeness (QED) is 0.320. The first-order chi connectivity index (χ1) is 11.8.